The Morgan fingerprint density at radius 1 is 1.13 bits per heavy atom. The summed E-state index contributed by atoms with van der Waals surface area (Å²) >= 11 is 20.6. The van der Waals surface area contributed by atoms with Crippen molar-refractivity contribution in [3.05, 3.63) is 57.7 Å². The van der Waals surface area contributed by atoms with Gasteiger partial charge in [-0.3, -0.25) is 4.79 Å². The van der Waals surface area contributed by atoms with Crippen molar-refractivity contribution in [1.82, 2.24) is 0 Å². The number of hydrogen-bond acceptors (Lipinski definition) is 3. The fourth-order valence-corrected chi connectivity index (χ4v) is 3.63. The van der Waals surface area contributed by atoms with Gasteiger partial charge in [0.15, 0.2) is 0 Å². The molecule has 0 aliphatic rings. The van der Waals surface area contributed by atoms with Gasteiger partial charge in [0.1, 0.15) is 5.75 Å². The Bertz CT molecular complexity index is 692. The van der Waals surface area contributed by atoms with Gasteiger partial charge in [0.05, 0.1) is 18.4 Å². The molecule has 122 valence electrons. The predicted octanol–water partition coefficient (Wildman–Crippen LogP) is 5.92. The number of anilines is 1. The minimum atomic E-state index is -1.67. The number of hydrogen-bond donors (Lipinski definition) is 0. The molecule has 0 atom stereocenters. The highest BCUT2D eigenvalue weighted by Gasteiger charge is 2.31. The summed E-state index contributed by atoms with van der Waals surface area (Å²) in [5.41, 5.74) is 1.12. The Labute approximate surface area is 167 Å². The monoisotopic (exact) mass is 501 g/mol. The number of rotatable bonds is 4. The van der Waals surface area contributed by atoms with E-state index in [4.69, 9.17) is 39.5 Å². The summed E-state index contributed by atoms with van der Waals surface area (Å²) in [6, 6.07) is 14.2. The quantitative estimate of drug-likeness (QED) is 0.295. The van der Waals surface area contributed by atoms with Gasteiger partial charge in [0.2, 0.25) is 0 Å². The molecule has 0 saturated carbocycles. The third-order valence-electron chi connectivity index (χ3n) is 2.79. The van der Waals surface area contributed by atoms with Gasteiger partial charge in [0.25, 0.3) is 9.03 Å². The Morgan fingerprint density at radius 2 is 1.74 bits per heavy atom. The lowest BCUT2D eigenvalue weighted by Gasteiger charge is -2.25. The molecule has 23 heavy (non-hydrogen) atoms. The molecule has 0 heterocycles. The largest absolute Gasteiger partial charge is 0.497 e. The molecule has 0 aliphatic carbocycles. The summed E-state index contributed by atoms with van der Waals surface area (Å²) < 4.78 is 5.64. The number of alkyl halides is 3. The Kier molecular flexibility index (Phi) is 6.74. The van der Waals surface area contributed by atoms with E-state index in [1.165, 1.54) is 4.31 Å². The highest BCUT2D eigenvalue weighted by molar-refractivity contribution is 14.1. The fourth-order valence-electron chi connectivity index (χ4n) is 1.78. The highest BCUT2D eigenvalue weighted by Crippen LogP contribution is 2.44. The van der Waals surface area contributed by atoms with Crippen molar-refractivity contribution in [2.24, 2.45) is 0 Å². The normalized spacial score (nSPS) is 11.2. The second-order valence-electron chi connectivity index (χ2n) is 4.31. The van der Waals surface area contributed by atoms with E-state index in [0.717, 1.165) is 15.5 Å². The number of ether oxygens (including phenoxy) is 1. The minimum Gasteiger partial charge on any atom is -0.497 e. The number of carbonyl (C=O) groups excluding carboxylic acids is 1. The first-order chi connectivity index (χ1) is 10.8. The average molecular weight is 503 g/mol. The average Bonchev–Trinajstić information content (AvgIpc) is 2.52. The Morgan fingerprint density at radius 3 is 2.26 bits per heavy atom. The van der Waals surface area contributed by atoms with Crippen LogP contribution in [-0.2, 0) is 0 Å². The molecule has 0 radical (unpaired) electrons. The zero-order valence-corrected chi connectivity index (χ0v) is 17.0. The van der Waals surface area contributed by atoms with Gasteiger partial charge >= 0.3 is 0 Å². The number of halogens is 4. The van der Waals surface area contributed by atoms with E-state index in [1.807, 2.05) is 12.1 Å². The van der Waals surface area contributed by atoms with Gasteiger partial charge in [-0.2, -0.15) is 0 Å². The van der Waals surface area contributed by atoms with Crippen LogP contribution in [0.25, 0.3) is 0 Å². The van der Waals surface area contributed by atoms with Crippen molar-refractivity contribution in [2.75, 3.05) is 11.4 Å². The molecule has 3 nitrogen and oxygen atoms in total. The molecule has 2 aromatic rings. The molecule has 0 saturated heterocycles. The van der Waals surface area contributed by atoms with Crippen molar-refractivity contribution in [2.45, 2.75) is 3.12 Å². The molecule has 0 spiro atoms. The van der Waals surface area contributed by atoms with Crippen LogP contribution in [-0.4, -0.2) is 16.1 Å². The van der Waals surface area contributed by atoms with Crippen LogP contribution in [0.1, 0.15) is 10.4 Å². The summed E-state index contributed by atoms with van der Waals surface area (Å²) in [5, 5.41) is 0. The Hall–Kier alpha value is -0.340. The van der Waals surface area contributed by atoms with E-state index in [1.54, 1.807) is 43.5 Å². The SMILES string of the molecule is COc1ccc(N(SC(Cl)(Cl)Cl)C(=O)c2ccccc2I)cc1. The number of benzene rings is 2. The van der Waals surface area contributed by atoms with Gasteiger partial charge in [-0.15, -0.1) is 0 Å². The lowest BCUT2D eigenvalue weighted by atomic mass is 10.2. The van der Waals surface area contributed by atoms with Crippen molar-refractivity contribution in [1.29, 1.82) is 0 Å². The minimum absolute atomic E-state index is 0.267. The van der Waals surface area contributed by atoms with Crippen LogP contribution < -0.4 is 9.04 Å². The fraction of sp³-hybridized carbons (Fsp3) is 0.133. The van der Waals surface area contributed by atoms with E-state index < -0.39 is 3.12 Å². The summed E-state index contributed by atoms with van der Waals surface area (Å²) in [6.07, 6.45) is 0. The zero-order chi connectivity index (χ0) is 17.0. The van der Waals surface area contributed by atoms with E-state index in [-0.39, 0.29) is 5.91 Å². The maximum Gasteiger partial charge on any atom is 0.269 e. The van der Waals surface area contributed by atoms with Gasteiger partial charge < -0.3 is 4.74 Å². The molecule has 0 aromatic heterocycles. The van der Waals surface area contributed by atoms with Crippen molar-refractivity contribution >= 4 is 80.9 Å². The van der Waals surface area contributed by atoms with Crippen LogP contribution in [0.3, 0.4) is 0 Å². The molecule has 2 rings (SSSR count). The van der Waals surface area contributed by atoms with Crippen LogP contribution in [0, 0.1) is 3.57 Å². The number of amides is 1. The topological polar surface area (TPSA) is 29.5 Å². The van der Waals surface area contributed by atoms with E-state index in [0.29, 0.717) is 17.0 Å². The summed E-state index contributed by atoms with van der Waals surface area (Å²) in [7, 11) is 1.57. The number of nitrogens with zero attached hydrogens (tertiary/aromatic N) is 1. The second-order valence-corrected chi connectivity index (χ2v) is 9.59. The molecule has 2 aromatic carbocycles. The molecular weight excluding hydrogens is 492 g/mol. The maximum absolute atomic E-state index is 12.9. The molecule has 0 N–H and O–H groups in total. The van der Waals surface area contributed by atoms with Crippen LogP contribution in [0.2, 0.25) is 0 Å². The molecular formula is C15H11Cl3INO2S. The van der Waals surface area contributed by atoms with Crippen LogP contribution >= 0.6 is 69.3 Å². The number of methoxy groups -OCH3 is 1. The first kappa shape index (κ1) is 19.0. The van der Waals surface area contributed by atoms with Crippen LogP contribution in [0.5, 0.6) is 5.75 Å². The second kappa shape index (κ2) is 8.16. The van der Waals surface area contributed by atoms with Crippen molar-refractivity contribution in [3.63, 3.8) is 0 Å². The van der Waals surface area contributed by atoms with Crippen LogP contribution in [0.15, 0.2) is 48.5 Å². The standard InChI is InChI=1S/C15H11Cl3INO2S/c1-22-11-8-6-10(7-9-11)20(23-15(16,17)18)14(21)12-4-2-3-5-13(12)19/h2-9H,1H3. The highest BCUT2D eigenvalue weighted by atomic mass is 127. The van der Waals surface area contributed by atoms with Gasteiger partial charge in [0, 0.05) is 15.5 Å². The third kappa shape index (κ3) is 5.32. The smallest absolute Gasteiger partial charge is 0.269 e. The third-order valence-corrected chi connectivity index (χ3v) is 5.12. The molecule has 0 aliphatic heterocycles. The summed E-state index contributed by atoms with van der Waals surface area (Å²) in [5.74, 6) is 0.408. The van der Waals surface area contributed by atoms with E-state index >= 15 is 0 Å². The van der Waals surface area contributed by atoms with E-state index in [2.05, 4.69) is 22.6 Å². The molecule has 0 bridgehead atoms. The molecule has 8 heteroatoms. The van der Waals surface area contributed by atoms with E-state index in [9.17, 15) is 4.79 Å². The summed E-state index contributed by atoms with van der Waals surface area (Å²) in [4.78, 5) is 12.9. The van der Waals surface area contributed by atoms with Gasteiger partial charge in [-0.05, 0) is 59.0 Å². The zero-order valence-electron chi connectivity index (χ0n) is 11.8. The predicted molar refractivity (Wildman–Crippen MR) is 107 cm³/mol. The van der Waals surface area contributed by atoms with Crippen molar-refractivity contribution < 1.29 is 9.53 Å². The lowest BCUT2D eigenvalue weighted by molar-refractivity contribution is 0.101. The number of carbonyl (C=O) groups is 1. The van der Waals surface area contributed by atoms with Crippen molar-refractivity contribution in [3.8, 4) is 5.75 Å². The first-order valence-electron chi connectivity index (χ1n) is 6.31. The van der Waals surface area contributed by atoms with Gasteiger partial charge in [-0.25, -0.2) is 4.31 Å². The van der Waals surface area contributed by atoms with Crippen LogP contribution in [0.4, 0.5) is 5.69 Å². The Balaban J connectivity index is 2.41. The molecule has 0 unspecified atom stereocenters. The lowest BCUT2D eigenvalue weighted by Crippen LogP contribution is -2.27. The molecule has 1 amide bonds. The summed E-state index contributed by atoms with van der Waals surface area (Å²) in [6.45, 7) is 0. The first-order valence-corrected chi connectivity index (χ1v) is 9.29. The maximum atomic E-state index is 12.9. The molecule has 0 fully saturated rings. The van der Waals surface area contributed by atoms with Gasteiger partial charge in [-0.1, -0.05) is 46.9 Å².